The Hall–Kier alpha value is -3.51. The van der Waals surface area contributed by atoms with E-state index in [-0.39, 0.29) is 12.2 Å². The van der Waals surface area contributed by atoms with Gasteiger partial charge >= 0.3 is 0 Å². The van der Waals surface area contributed by atoms with Crippen LogP contribution in [0.4, 0.5) is 0 Å². The average molecular weight is 347 g/mol. The number of pyridine rings is 1. The van der Waals surface area contributed by atoms with Gasteiger partial charge in [0.25, 0.3) is 5.91 Å². The summed E-state index contributed by atoms with van der Waals surface area (Å²) in [6, 6.07) is 19.2. The number of primary amides is 1. The first-order valence-electron chi connectivity index (χ1n) is 7.95. The maximum atomic E-state index is 12.4. The van der Waals surface area contributed by atoms with Crippen molar-refractivity contribution in [2.45, 2.75) is 6.54 Å². The van der Waals surface area contributed by atoms with Gasteiger partial charge in [0.15, 0.2) is 0 Å². The largest absolute Gasteiger partial charge is 0.366 e. The first-order valence-corrected chi connectivity index (χ1v) is 7.95. The van der Waals surface area contributed by atoms with Gasteiger partial charge in [-0.25, -0.2) is 5.06 Å². The summed E-state index contributed by atoms with van der Waals surface area (Å²) in [6.07, 6.45) is 1.48. The van der Waals surface area contributed by atoms with Crippen LogP contribution in [0.2, 0.25) is 0 Å². The molecule has 0 unspecified atom stereocenters. The van der Waals surface area contributed by atoms with E-state index in [0.29, 0.717) is 16.2 Å². The lowest BCUT2D eigenvalue weighted by atomic mass is 10.0. The van der Waals surface area contributed by atoms with E-state index in [1.807, 2.05) is 30.3 Å². The number of aromatic nitrogens is 1. The van der Waals surface area contributed by atoms with Crippen LogP contribution < -0.4 is 5.73 Å². The SMILES string of the molecule is NC(=O)c1cccc(-c2ccnc(C(=O)N(O)Cc3ccccc3)c2)c1. The number of carbonyl (C=O) groups excluding carboxylic acids is 2. The van der Waals surface area contributed by atoms with Crippen molar-refractivity contribution in [2.75, 3.05) is 0 Å². The lowest BCUT2D eigenvalue weighted by Crippen LogP contribution is -2.27. The van der Waals surface area contributed by atoms with Crippen molar-refractivity contribution < 1.29 is 14.8 Å². The summed E-state index contributed by atoms with van der Waals surface area (Å²) in [5.41, 5.74) is 8.00. The highest BCUT2D eigenvalue weighted by Gasteiger charge is 2.16. The van der Waals surface area contributed by atoms with Crippen molar-refractivity contribution in [3.63, 3.8) is 0 Å². The summed E-state index contributed by atoms with van der Waals surface area (Å²) in [7, 11) is 0. The smallest absolute Gasteiger partial charge is 0.296 e. The molecule has 130 valence electrons. The molecule has 0 aliphatic heterocycles. The highest BCUT2D eigenvalue weighted by molar-refractivity contribution is 5.95. The average Bonchev–Trinajstić information content (AvgIpc) is 2.68. The Morgan fingerprint density at radius 2 is 1.69 bits per heavy atom. The number of nitrogens with zero attached hydrogens (tertiary/aromatic N) is 2. The molecule has 1 aromatic heterocycles. The molecule has 0 bridgehead atoms. The molecule has 0 saturated heterocycles. The molecule has 2 aromatic carbocycles. The Kier molecular flexibility index (Phi) is 5.05. The molecule has 0 aliphatic carbocycles. The molecular weight excluding hydrogens is 330 g/mol. The lowest BCUT2D eigenvalue weighted by molar-refractivity contribution is -0.0652. The molecule has 3 N–H and O–H groups in total. The molecule has 3 aromatic rings. The van der Waals surface area contributed by atoms with Crippen molar-refractivity contribution in [1.29, 1.82) is 0 Å². The Morgan fingerprint density at radius 3 is 2.42 bits per heavy atom. The van der Waals surface area contributed by atoms with E-state index in [1.54, 1.807) is 36.4 Å². The van der Waals surface area contributed by atoms with Crippen molar-refractivity contribution in [2.24, 2.45) is 5.73 Å². The summed E-state index contributed by atoms with van der Waals surface area (Å²) >= 11 is 0. The highest BCUT2D eigenvalue weighted by Crippen LogP contribution is 2.21. The molecule has 1 heterocycles. The zero-order valence-electron chi connectivity index (χ0n) is 13.9. The van der Waals surface area contributed by atoms with Crippen LogP contribution in [0.1, 0.15) is 26.4 Å². The second-order valence-electron chi connectivity index (χ2n) is 5.72. The van der Waals surface area contributed by atoms with Crippen molar-refractivity contribution in [1.82, 2.24) is 10.0 Å². The summed E-state index contributed by atoms with van der Waals surface area (Å²) in [4.78, 5) is 27.8. The molecule has 6 heteroatoms. The van der Waals surface area contributed by atoms with Crippen LogP contribution in [0.15, 0.2) is 72.9 Å². The van der Waals surface area contributed by atoms with Gasteiger partial charge < -0.3 is 5.73 Å². The summed E-state index contributed by atoms with van der Waals surface area (Å²) in [5.74, 6) is -1.14. The van der Waals surface area contributed by atoms with E-state index in [2.05, 4.69) is 4.98 Å². The van der Waals surface area contributed by atoms with Crippen LogP contribution in [0.3, 0.4) is 0 Å². The fourth-order valence-electron chi connectivity index (χ4n) is 2.54. The monoisotopic (exact) mass is 347 g/mol. The quantitative estimate of drug-likeness (QED) is 0.548. The van der Waals surface area contributed by atoms with Crippen molar-refractivity contribution in [3.05, 3.63) is 89.7 Å². The van der Waals surface area contributed by atoms with Crippen LogP contribution in [-0.4, -0.2) is 27.1 Å². The second kappa shape index (κ2) is 7.58. The van der Waals surface area contributed by atoms with E-state index in [0.717, 1.165) is 11.1 Å². The number of hydrogen-bond acceptors (Lipinski definition) is 4. The zero-order valence-corrected chi connectivity index (χ0v) is 13.9. The Morgan fingerprint density at radius 1 is 0.962 bits per heavy atom. The minimum absolute atomic E-state index is 0.0583. The van der Waals surface area contributed by atoms with Crippen LogP contribution in [0.25, 0.3) is 11.1 Å². The van der Waals surface area contributed by atoms with Gasteiger partial charge in [0, 0.05) is 11.8 Å². The molecule has 3 rings (SSSR count). The first kappa shape index (κ1) is 17.3. The maximum Gasteiger partial charge on any atom is 0.296 e. The zero-order chi connectivity index (χ0) is 18.5. The third kappa shape index (κ3) is 3.93. The van der Waals surface area contributed by atoms with Crippen LogP contribution in [0.5, 0.6) is 0 Å². The molecular formula is C20H17N3O3. The van der Waals surface area contributed by atoms with Gasteiger partial charge in [-0.3, -0.25) is 19.8 Å². The van der Waals surface area contributed by atoms with Gasteiger partial charge in [0.05, 0.1) is 6.54 Å². The second-order valence-corrected chi connectivity index (χ2v) is 5.72. The molecule has 0 aliphatic rings. The predicted molar refractivity (Wildman–Crippen MR) is 96.3 cm³/mol. The van der Waals surface area contributed by atoms with E-state index >= 15 is 0 Å². The summed E-state index contributed by atoms with van der Waals surface area (Å²) in [6.45, 7) is 0.0583. The minimum atomic E-state index is -0.609. The fourth-order valence-corrected chi connectivity index (χ4v) is 2.54. The highest BCUT2D eigenvalue weighted by atomic mass is 16.5. The number of rotatable bonds is 5. The van der Waals surface area contributed by atoms with Crippen LogP contribution >= 0.6 is 0 Å². The van der Waals surface area contributed by atoms with Crippen molar-refractivity contribution in [3.8, 4) is 11.1 Å². The van der Waals surface area contributed by atoms with E-state index < -0.39 is 11.8 Å². The molecule has 2 amide bonds. The number of nitrogens with two attached hydrogens (primary N) is 1. The molecule has 0 fully saturated rings. The van der Waals surface area contributed by atoms with Gasteiger partial charge in [0.1, 0.15) is 5.69 Å². The van der Waals surface area contributed by atoms with Gasteiger partial charge in [-0.15, -0.1) is 0 Å². The summed E-state index contributed by atoms with van der Waals surface area (Å²) < 4.78 is 0. The molecule has 0 radical (unpaired) electrons. The minimum Gasteiger partial charge on any atom is -0.366 e. The normalized spacial score (nSPS) is 10.3. The fraction of sp³-hybridized carbons (Fsp3) is 0.0500. The molecule has 0 atom stereocenters. The molecule has 0 saturated carbocycles. The van der Waals surface area contributed by atoms with E-state index in [4.69, 9.17) is 5.73 Å². The Labute approximate surface area is 150 Å². The lowest BCUT2D eigenvalue weighted by Gasteiger charge is -2.15. The Bertz CT molecular complexity index is 942. The van der Waals surface area contributed by atoms with Gasteiger partial charge in [-0.1, -0.05) is 42.5 Å². The van der Waals surface area contributed by atoms with Crippen LogP contribution in [0, 0.1) is 0 Å². The number of carbonyl (C=O) groups is 2. The standard InChI is InChI=1S/C20H17N3O3/c21-19(24)17-8-4-7-15(11-17)16-9-10-22-18(12-16)20(25)23(26)13-14-5-2-1-3-6-14/h1-12,26H,13H2,(H2,21,24). The molecule has 0 spiro atoms. The number of benzene rings is 2. The topological polar surface area (TPSA) is 96.5 Å². The Balaban J connectivity index is 1.83. The third-order valence-electron chi connectivity index (χ3n) is 3.87. The number of hydroxylamine groups is 2. The number of hydrogen-bond donors (Lipinski definition) is 2. The van der Waals surface area contributed by atoms with Crippen molar-refractivity contribution >= 4 is 11.8 Å². The van der Waals surface area contributed by atoms with Gasteiger partial charge in [0.2, 0.25) is 5.91 Å². The number of amides is 2. The first-order chi connectivity index (χ1) is 12.5. The van der Waals surface area contributed by atoms with E-state index in [9.17, 15) is 14.8 Å². The molecule has 26 heavy (non-hydrogen) atoms. The van der Waals surface area contributed by atoms with Gasteiger partial charge in [-0.05, 0) is 41.0 Å². The summed E-state index contributed by atoms with van der Waals surface area (Å²) in [5, 5.41) is 10.7. The maximum absolute atomic E-state index is 12.4. The van der Waals surface area contributed by atoms with E-state index in [1.165, 1.54) is 6.20 Å². The molecule has 6 nitrogen and oxygen atoms in total. The predicted octanol–water partition coefficient (Wildman–Crippen LogP) is 2.88. The van der Waals surface area contributed by atoms with Gasteiger partial charge in [-0.2, -0.15) is 0 Å². The van der Waals surface area contributed by atoms with Crippen LogP contribution in [-0.2, 0) is 6.54 Å². The third-order valence-corrected chi connectivity index (χ3v) is 3.87.